The van der Waals surface area contributed by atoms with Gasteiger partial charge in [0.1, 0.15) is 5.60 Å². The van der Waals surface area contributed by atoms with Gasteiger partial charge in [0.05, 0.1) is 0 Å². The molecule has 0 aliphatic heterocycles. The lowest BCUT2D eigenvalue weighted by molar-refractivity contribution is 0.0390. The van der Waals surface area contributed by atoms with Gasteiger partial charge in [0.2, 0.25) is 0 Å². The number of aryl methyl sites for hydroxylation is 1. The number of nitrogens with one attached hydrogen (secondary N) is 1. The molecule has 14 heavy (non-hydrogen) atoms. The molecule has 0 fully saturated rings. The number of H-pyrrole nitrogens is 1. The molecule has 0 aliphatic rings. The number of nitrogens with two attached hydrogens (primary N) is 1. The van der Waals surface area contributed by atoms with Crippen molar-refractivity contribution < 1.29 is 9.53 Å². The highest BCUT2D eigenvalue weighted by Crippen LogP contribution is 2.15. The molecule has 7 heteroatoms. The molecule has 0 radical (unpaired) electrons. The zero-order valence-corrected chi connectivity index (χ0v) is 8.15. The van der Waals surface area contributed by atoms with Crippen molar-refractivity contribution >= 4 is 6.09 Å². The van der Waals surface area contributed by atoms with Crippen molar-refractivity contribution in [3.63, 3.8) is 0 Å². The second-order valence-corrected chi connectivity index (χ2v) is 3.51. The zero-order chi connectivity index (χ0) is 10.6. The quantitative estimate of drug-likeness (QED) is 0.710. The van der Waals surface area contributed by atoms with E-state index in [1.54, 1.807) is 13.8 Å². The predicted molar refractivity (Wildman–Crippen MR) is 47.2 cm³/mol. The second kappa shape index (κ2) is 4.03. The van der Waals surface area contributed by atoms with Crippen LogP contribution in [0.15, 0.2) is 0 Å². The molecule has 0 bridgehead atoms. The molecule has 1 aromatic rings. The molecule has 0 spiro atoms. The van der Waals surface area contributed by atoms with E-state index in [0.717, 1.165) is 0 Å². The third-order valence-electron chi connectivity index (χ3n) is 1.72. The Hall–Kier alpha value is -1.66. The predicted octanol–water partition coefficient (Wildman–Crippen LogP) is 0.00620. The van der Waals surface area contributed by atoms with Crippen LogP contribution in [-0.2, 0) is 11.2 Å². The van der Waals surface area contributed by atoms with Crippen LogP contribution in [0.25, 0.3) is 0 Å². The average Bonchev–Trinajstić information content (AvgIpc) is 2.50. The highest BCUT2D eigenvalue weighted by Gasteiger charge is 2.22. The van der Waals surface area contributed by atoms with E-state index >= 15 is 0 Å². The van der Waals surface area contributed by atoms with Crippen LogP contribution < -0.4 is 5.73 Å². The Morgan fingerprint density at radius 2 is 2.36 bits per heavy atom. The normalized spacial score (nSPS) is 11.3. The summed E-state index contributed by atoms with van der Waals surface area (Å²) in [4.78, 5) is 10.5. The SMILES string of the molecule is CC(C)(CCc1nn[nH]n1)OC(N)=O. The van der Waals surface area contributed by atoms with Gasteiger partial charge in [-0.2, -0.15) is 5.21 Å². The van der Waals surface area contributed by atoms with E-state index in [-0.39, 0.29) is 0 Å². The molecule has 0 aromatic carbocycles. The van der Waals surface area contributed by atoms with E-state index in [0.29, 0.717) is 18.7 Å². The third-order valence-corrected chi connectivity index (χ3v) is 1.72. The number of hydrogen-bond acceptors (Lipinski definition) is 5. The van der Waals surface area contributed by atoms with Gasteiger partial charge in [0.15, 0.2) is 5.82 Å². The van der Waals surface area contributed by atoms with Crippen molar-refractivity contribution in [2.24, 2.45) is 5.73 Å². The fourth-order valence-corrected chi connectivity index (χ4v) is 1.02. The first-order valence-electron chi connectivity index (χ1n) is 4.20. The minimum absolute atomic E-state index is 0.580. The van der Waals surface area contributed by atoms with E-state index in [2.05, 4.69) is 20.6 Å². The molecule has 0 saturated heterocycles. The lowest BCUT2D eigenvalue weighted by atomic mass is 10.0. The van der Waals surface area contributed by atoms with E-state index in [9.17, 15) is 4.79 Å². The second-order valence-electron chi connectivity index (χ2n) is 3.51. The van der Waals surface area contributed by atoms with Gasteiger partial charge in [-0.15, -0.1) is 10.2 Å². The first-order valence-corrected chi connectivity index (χ1v) is 4.20. The van der Waals surface area contributed by atoms with Crippen molar-refractivity contribution in [1.29, 1.82) is 0 Å². The maximum Gasteiger partial charge on any atom is 0.405 e. The van der Waals surface area contributed by atoms with Crippen LogP contribution in [0, 0.1) is 0 Å². The molecule has 3 N–H and O–H groups in total. The third kappa shape index (κ3) is 3.38. The van der Waals surface area contributed by atoms with Gasteiger partial charge in [0, 0.05) is 6.42 Å². The van der Waals surface area contributed by atoms with Gasteiger partial charge in [-0.3, -0.25) is 0 Å². The summed E-state index contributed by atoms with van der Waals surface area (Å²) in [5.41, 5.74) is 4.31. The Bertz CT molecular complexity index is 295. The maximum atomic E-state index is 10.5. The number of aromatic amines is 1. The van der Waals surface area contributed by atoms with Gasteiger partial charge in [0.25, 0.3) is 0 Å². The van der Waals surface area contributed by atoms with E-state index in [4.69, 9.17) is 10.5 Å². The Morgan fingerprint density at radius 1 is 1.64 bits per heavy atom. The lowest BCUT2D eigenvalue weighted by Crippen LogP contribution is -2.31. The number of carbonyl (C=O) groups is 1. The number of carbonyl (C=O) groups excluding carboxylic acids is 1. The largest absolute Gasteiger partial charge is 0.444 e. The van der Waals surface area contributed by atoms with Crippen molar-refractivity contribution in [3.05, 3.63) is 5.82 Å². The molecule has 1 amide bonds. The topological polar surface area (TPSA) is 107 Å². The number of nitrogens with zero attached hydrogens (tertiary/aromatic N) is 3. The molecule has 0 atom stereocenters. The van der Waals surface area contributed by atoms with Crippen molar-refractivity contribution in [3.8, 4) is 0 Å². The summed E-state index contributed by atoms with van der Waals surface area (Å²) in [5, 5.41) is 13.3. The van der Waals surface area contributed by atoms with Gasteiger partial charge in [-0.25, -0.2) is 4.79 Å². The monoisotopic (exact) mass is 199 g/mol. The minimum atomic E-state index is -0.775. The van der Waals surface area contributed by atoms with E-state index in [1.807, 2.05) is 0 Å². The molecule has 7 nitrogen and oxygen atoms in total. The number of ether oxygens (including phenoxy) is 1. The summed E-state index contributed by atoms with van der Waals surface area (Å²) in [6.45, 7) is 3.55. The molecular weight excluding hydrogens is 186 g/mol. The first kappa shape index (κ1) is 10.4. The molecule has 0 aliphatic carbocycles. The number of rotatable bonds is 4. The highest BCUT2D eigenvalue weighted by molar-refractivity contribution is 5.65. The Kier molecular flexibility index (Phi) is 3.00. The van der Waals surface area contributed by atoms with Gasteiger partial charge >= 0.3 is 6.09 Å². The summed E-state index contributed by atoms with van der Waals surface area (Å²) < 4.78 is 4.89. The van der Waals surface area contributed by atoms with Crippen molar-refractivity contribution in [1.82, 2.24) is 20.6 Å². The highest BCUT2D eigenvalue weighted by atomic mass is 16.6. The van der Waals surface area contributed by atoms with Crippen LogP contribution in [0.2, 0.25) is 0 Å². The van der Waals surface area contributed by atoms with Crippen LogP contribution in [0.1, 0.15) is 26.1 Å². The maximum absolute atomic E-state index is 10.5. The molecule has 1 heterocycles. The summed E-state index contributed by atoms with van der Waals surface area (Å²) in [7, 11) is 0. The molecular formula is C7H13N5O2. The zero-order valence-electron chi connectivity index (χ0n) is 8.15. The number of aromatic nitrogens is 4. The van der Waals surface area contributed by atoms with Crippen LogP contribution in [-0.4, -0.2) is 32.3 Å². The molecule has 78 valence electrons. The van der Waals surface area contributed by atoms with Crippen LogP contribution in [0.3, 0.4) is 0 Å². The number of primary amides is 1. The van der Waals surface area contributed by atoms with Crippen molar-refractivity contribution in [2.75, 3.05) is 0 Å². The van der Waals surface area contributed by atoms with Crippen molar-refractivity contribution in [2.45, 2.75) is 32.3 Å². The average molecular weight is 199 g/mol. The minimum Gasteiger partial charge on any atom is -0.444 e. The van der Waals surface area contributed by atoms with Crippen LogP contribution in [0.5, 0.6) is 0 Å². The van der Waals surface area contributed by atoms with E-state index < -0.39 is 11.7 Å². The van der Waals surface area contributed by atoms with Gasteiger partial charge < -0.3 is 10.5 Å². The fourth-order valence-electron chi connectivity index (χ4n) is 1.02. The molecule has 1 aromatic heterocycles. The summed E-state index contributed by atoms with van der Waals surface area (Å²) in [6, 6.07) is 0. The Labute approximate surface area is 81.0 Å². The Balaban J connectivity index is 2.40. The van der Waals surface area contributed by atoms with Gasteiger partial charge in [-0.05, 0) is 20.3 Å². The van der Waals surface area contributed by atoms with Gasteiger partial charge in [-0.1, -0.05) is 5.21 Å². The molecule has 0 unspecified atom stereocenters. The smallest absolute Gasteiger partial charge is 0.405 e. The first-order chi connectivity index (χ1) is 6.49. The Morgan fingerprint density at radius 3 is 2.86 bits per heavy atom. The summed E-state index contributed by atoms with van der Waals surface area (Å²) in [6.07, 6.45) is 0.398. The number of hydrogen-bond donors (Lipinski definition) is 2. The lowest BCUT2D eigenvalue weighted by Gasteiger charge is -2.22. The summed E-state index contributed by atoms with van der Waals surface area (Å²) in [5.74, 6) is 0.589. The molecule has 1 rings (SSSR count). The van der Waals surface area contributed by atoms with Crippen LogP contribution in [0.4, 0.5) is 4.79 Å². The molecule has 0 saturated carbocycles. The fraction of sp³-hybridized carbons (Fsp3) is 0.714. The van der Waals surface area contributed by atoms with Crippen LogP contribution >= 0.6 is 0 Å². The van der Waals surface area contributed by atoms with E-state index in [1.165, 1.54) is 0 Å². The summed E-state index contributed by atoms with van der Waals surface area (Å²) >= 11 is 0. The number of amides is 1. The number of tetrazole rings is 1. The standard InChI is InChI=1S/C7H13N5O2/c1-7(2,14-6(8)13)4-3-5-9-11-12-10-5/h3-4H2,1-2H3,(H2,8,13)(H,9,10,11,12).